The fourth-order valence-corrected chi connectivity index (χ4v) is 1.13. The molecule has 0 aliphatic carbocycles. The number of rotatable bonds is 4. The molecule has 0 heterocycles. The first-order valence-corrected chi connectivity index (χ1v) is 4.94. The van der Waals surface area contributed by atoms with Gasteiger partial charge in [0.2, 0.25) is 5.91 Å². The van der Waals surface area contributed by atoms with E-state index in [2.05, 4.69) is 10.1 Å². The molecule has 0 aliphatic heterocycles. The predicted molar refractivity (Wildman–Crippen MR) is 59.9 cm³/mol. The lowest BCUT2D eigenvalue weighted by molar-refractivity contribution is -0.274. The number of hydrogen-bond acceptors (Lipinski definition) is 3. The number of carbonyl (C=O) groups excluding carboxylic acids is 1. The molecule has 98 valence electrons. The number of halogens is 3. The van der Waals surface area contributed by atoms with Crippen molar-refractivity contribution >= 4 is 11.6 Å². The predicted octanol–water partition coefficient (Wildman–Crippen LogP) is 2.04. The van der Waals surface area contributed by atoms with Gasteiger partial charge in [0.25, 0.3) is 0 Å². The maximum atomic E-state index is 12.0. The summed E-state index contributed by atoms with van der Waals surface area (Å²) in [6, 6.07) is 4.99. The Hall–Kier alpha value is -2.02. The molecule has 0 saturated carbocycles. The van der Waals surface area contributed by atoms with Crippen LogP contribution in [-0.4, -0.2) is 18.8 Å². The van der Waals surface area contributed by atoms with Crippen molar-refractivity contribution in [2.24, 2.45) is 5.73 Å². The normalized spacial score (nSPS) is 11.6. The van der Waals surface area contributed by atoms with Crippen LogP contribution in [-0.2, 0) is 4.79 Å². The Labute approximate surface area is 101 Å². The van der Waals surface area contributed by atoms with Crippen LogP contribution in [0.2, 0.25) is 0 Å². The van der Waals surface area contributed by atoms with Crippen molar-refractivity contribution in [3.05, 3.63) is 36.4 Å². The fourth-order valence-electron chi connectivity index (χ4n) is 1.13. The third-order valence-electron chi connectivity index (χ3n) is 1.74. The number of nitrogens with one attached hydrogen (secondary N) is 1. The van der Waals surface area contributed by atoms with E-state index in [0.717, 1.165) is 12.1 Å². The zero-order chi connectivity index (χ0) is 13.6. The molecule has 1 amide bonds. The quantitative estimate of drug-likeness (QED) is 0.814. The summed E-state index contributed by atoms with van der Waals surface area (Å²) in [6.07, 6.45) is -2.15. The first-order valence-electron chi connectivity index (χ1n) is 4.94. The zero-order valence-corrected chi connectivity index (χ0v) is 9.20. The highest BCUT2D eigenvalue weighted by molar-refractivity contribution is 5.99. The van der Waals surface area contributed by atoms with E-state index in [9.17, 15) is 18.0 Å². The molecule has 18 heavy (non-hydrogen) atoms. The van der Waals surface area contributed by atoms with E-state index in [-0.39, 0.29) is 12.2 Å². The standard InChI is InChI=1S/C11H11F3N2O2/c12-11(13,14)18-9-4-1-3-8(7-9)16-10(17)5-2-6-15/h1-5,7H,6,15H2,(H,16,17)/b5-2+. The Morgan fingerprint density at radius 1 is 1.44 bits per heavy atom. The number of anilines is 1. The second-order valence-corrected chi connectivity index (χ2v) is 3.20. The lowest BCUT2D eigenvalue weighted by Gasteiger charge is -2.10. The van der Waals surface area contributed by atoms with Crippen LogP contribution in [0.25, 0.3) is 0 Å². The van der Waals surface area contributed by atoms with Crippen LogP contribution in [0.4, 0.5) is 18.9 Å². The fraction of sp³-hybridized carbons (Fsp3) is 0.182. The van der Waals surface area contributed by atoms with Gasteiger partial charge in [-0.05, 0) is 12.1 Å². The molecule has 7 heteroatoms. The topological polar surface area (TPSA) is 64.4 Å². The van der Waals surface area contributed by atoms with Crippen LogP contribution in [0.15, 0.2) is 36.4 Å². The molecule has 1 aromatic rings. The molecule has 0 aliphatic rings. The minimum absolute atomic E-state index is 0.198. The van der Waals surface area contributed by atoms with E-state index in [1.165, 1.54) is 24.3 Å². The Morgan fingerprint density at radius 3 is 2.78 bits per heavy atom. The lowest BCUT2D eigenvalue weighted by Crippen LogP contribution is -2.17. The van der Waals surface area contributed by atoms with Gasteiger partial charge in [0.05, 0.1) is 0 Å². The largest absolute Gasteiger partial charge is 0.573 e. The third-order valence-corrected chi connectivity index (χ3v) is 1.74. The molecule has 4 nitrogen and oxygen atoms in total. The molecule has 3 N–H and O–H groups in total. The number of nitrogens with two attached hydrogens (primary N) is 1. The third kappa shape index (κ3) is 5.35. The van der Waals surface area contributed by atoms with Gasteiger partial charge in [-0.2, -0.15) is 0 Å². The van der Waals surface area contributed by atoms with Crippen molar-refractivity contribution in [2.45, 2.75) is 6.36 Å². The molecule has 0 spiro atoms. The number of carbonyl (C=O) groups is 1. The first-order chi connectivity index (χ1) is 8.40. The molecular weight excluding hydrogens is 249 g/mol. The number of alkyl halides is 3. The SMILES string of the molecule is NC/C=C/C(=O)Nc1cccc(OC(F)(F)F)c1. The molecule has 0 saturated heterocycles. The minimum atomic E-state index is -4.76. The molecular formula is C11H11F3N2O2. The summed E-state index contributed by atoms with van der Waals surface area (Å²) >= 11 is 0. The van der Waals surface area contributed by atoms with Crippen LogP contribution in [0.1, 0.15) is 0 Å². The van der Waals surface area contributed by atoms with Gasteiger partial charge in [-0.1, -0.05) is 12.1 Å². The molecule has 0 bridgehead atoms. The van der Waals surface area contributed by atoms with Crippen LogP contribution < -0.4 is 15.8 Å². The van der Waals surface area contributed by atoms with Gasteiger partial charge in [0.1, 0.15) is 5.75 Å². The van der Waals surface area contributed by atoms with Gasteiger partial charge < -0.3 is 15.8 Å². The summed E-state index contributed by atoms with van der Waals surface area (Å²) in [5.74, 6) is -0.882. The minimum Gasteiger partial charge on any atom is -0.406 e. The van der Waals surface area contributed by atoms with Gasteiger partial charge in [-0.25, -0.2) is 0 Å². The maximum Gasteiger partial charge on any atom is 0.573 e. The number of hydrogen-bond donors (Lipinski definition) is 2. The molecule has 0 fully saturated rings. The Morgan fingerprint density at radius 2 is 2.17 bits per heavy atom. The Kier molecular flexibility index (Phi) is 4.73. The monoisotopic (exact) mass is 260 g/mol. The van der Waals surface area contributed by atoms with Crippen molar-refractivity contribution in [1.29, 1.82) is 0 Å². The van der Waals surface area contributed by atoms with Crippen molar-refractivity contribution in [2.75, 3.05) is 11.9 Å². The van der Waals surface area contributed by atoms with E-state index in [1.54, 1.807) is 0 Å². The van der Waals surface area contributed by atoms with Gasteiger partial charge >= 0.3 is 6.36 Å². The average Bonchev–Trinajstić information content (AvgIpc) is 2.24. The smallest absolute Gasteiger partial charge is 0.406 e. The lowest BCUT2D eigenvalue weighted by atomic mass is 10.3. The summed E-state index contributed by atoms with van der Waals surface area (Å²) < 4.78 is 39.6. The van der Waals surface area contributed by atoms with Crippen LogP contribution in [0.3, 0.4) is 0 Å². The van der Waals surface area contributed by atoms with E-state index >= 15 is 0 Å². The van der Waals surface area contributed by atoms with Gasteiger partial charge in [0, 0.05) is 24.4 Å². The van der Waals surface area contributed by atoms with Gasteiger partial charge in [0.15, 0.2) is 0 Å². The second-order valence-electron chi connectivity index (χ2n) is 3.20. The number of ether oxygens (including phenoxy) is 1. The van der Waals surface area contributed by atoms with Crippen molar-refractivity contribution < 1.29 is 22.7 Å². The summed E-state index contributed by atoms with van der Waals surface area (Å²) in [5, 5.41) is 2.37. The van der Waals surface area contributed by atoms with E-state index < -0.39 is 18.0 Å². The van der Waals surface area contributed by atoms with Gasteiger partial charge in [-0.3, -0.25) is 4.79 Å². The first kappa shape index (κ1) is 14.0. The summed E-state index contributed by atoms with van der Waals surface area (Å²) in [5.41, 5.74) is 5.35. The van der Waals surface area contributed by atoms with Crippen LogP contribution in [0, 0.1) is 0 Å². The maximum absolute atomic E-state index is 12.0. The summed E-state index contributed by atoms with van der Waals surface area (Å²) in [4.78, 5) is 11.3. The van der Waals surface area contributed by atoms with E-state index in [0.29, 0.717) is 0 Å². The summed E-state index contributed by atoms with van der Waals surface area (Å²) in [7, 11) is 0. The molecule has 1 aromatic carbocycles. The Balaban J connectivity index is 2.70. The molecule has 1 rings (SSSR count). The molecule has 0 atom stereocenters. The molecule has 0 unspecified atom stereocenters. The van der Waals surface area contributed by atoms with E-state index in [4.69, 9.17) is 5.73 Å². The van der Waals surface area contributed by atoms with Crippen molar-refractivity contribution in [1.82, 2.24) is 0 Å². The summed E-state index contributed by atoms with van der Waals surface area (Å²) in [6.45, 7) is 0.199. The number of benzene rings is 1. The van der Waals surface area contributed by atoms with Crippen LogP contribution in [0.5, 0.6) is 5.75 Å². The average molecular weight is 260 g/mol. The Bertz CT molecular complexity index is 444. The van der Waals surface area contributed by atoms with Crippen LogP contribution >= 0.6 is 0 Å². The van der Waals surface area contributed by atoms with Crippen molar-refractivity contribution in [3.63, 3.8) is 0 Å². The van der Waals surface area contributed by atoms with Gasteiger partial charge in [-0.15, -0.1) is 13.2 Å². The highest BCUT2D eigenvalue weighted by Gasteiger charge is 2.31. The second kappa shape index (κ2) is 6.06. The molecule has 0 aromatic heterocycles. The number of amides is 1. The highest BCUT2D eigenvalue weighted by atomic mass is 19.4. The van der Waals surface area contributed by atoms with Crippen molar-refractivity contribution in [3.8, 4) is 5.75 Å². The van der Waals surface area contributed by atoms with E-state index in [1.807, 2.05) is 0 Å². The zero-order valence-electron chi connectivity index (χ0n) is 9.20. The highest BCUT2D eigenvalue weighted by Crippen LogP contribution is 2.24. The molecule has 0 radical (unpaired) electrons.